The summed E-state index contributed by atoms with van der Waals surface area (Å²) in [4.78, 5) is 31.1. The Hall–Kier alpha value is -3.19. The van der Waals surface area contributed by atoms with E-state index in [-0.39, 0.29) is 12.2 Å². The van der Waals surface area contributed by atoms with Crippen molar-refractivity contribution >= 4 is 30.1 Å². The van der Waals surface area contributed by atoms with Crippen LogP contribution in [0.15, 0.2) is 59.6 Å². The molecule has 0 aliphatic carbocycles. The predicted molar refractivity (Wildman–Crippen MR) is 113 cm³/mol. The Morgan fingerprint density at radius 2 is 1.97 bits per heavy atom. The molecule has 0 saturated carbocycles. The molecule has 0 radical (unpaired) electrons. The highest BCUT2D eigenvalue weighted by atomic mass is 16.6. The van der Waals surface area contributed by atoms with E-state index < -0.39 is 0 Å². The van der Waals surface area contributed by atoms with Gasteiger partial charge in [-0.05, 0) is 36.8 Å². The maximum absolute atomic E-state index is 12.2. The van der Waals surface area contributed by atoms with E-state index in [1.807, 2.05) is 61.5 Å². The summed E-state index contributed by atoms with van der Waals surface area (Å²) in [5.74, 6) is 0. The lowest BCUT2D eigenvalue weighted by Gasteiger charge is -2.19. The fraction of sp³-hybridized carbons (Fsp3) is 0.318. The molecule has 29 heavy (non-hydrogen) atoms. The molecule has 1 aliphatic heterocycles. The standard InChI is InChI=1S/C22H25N3O4/c1-2-28-13-12-24(17-26)19-8-10-20(11-9-19)25-16-21(29-22(25)27)15-23-14-18-6-4-3-5-7-18/h3-11,14,17,21H,2,12-13,15-16H2,1H3/b23-14+. The van der Waals surface area contributed by atoms with Gasteiger partial charge < -0.3 is 14.4 Å². The smallest absolute Gasteiger partial charge is 0.414 e. The Morgan fingerprint density at radius 3 is 2.66 bits per heavy atom. The molecule has 7 heteroatoms. The lowest BCUT2D eigenvalue weighted by molar-refractivity contribution is -0.107. The number of benzene rings is 2. The van der Waals surface area contributed by atoms with Gasteiger partial charge in [0.25, 0.3) is 0 Å². The third kappa shape index (κ3) is 5.65. The maximum atomic E-state index is 12.2. The zero-order valence-electron chi connectivity index (χ0n) is 16.4. The Labute approximate surface area is 170 Å². The highest BCUT2D eigenvalue weighted by molar-refractivity contribution is 5.90. The van der Waals surface area contributed by atoms with E-state index >= 15 is 0 Å². The summed E-state index contributed by atoms with van der Waals surface area (Å²) in [5.41, 5.74) is 2.48. The molecule has 1 saturated heterocycles. The predicted octanol–water partition coefficient (Wildman–Crippen LogP) is 3.13. The number of anilines is 2. The number of cyclic esters (lactones) is 1. The highest BCUT2D eigenvalue weighted by Gasteiger charge is 2.32. The number of ether oxygens (including phenoxy) is 2. The summed E-state index contributed by atoms with van der Waals surface area (Å²) in [6.07, 6.45) is 1.88. The molecule has 1 aliphatic rings. The minimum atomic E-state index is -0.388. The van der Waals surface area contributed by atoms with Crippen molar-refractivity contribution in [3.8, 4) is 0 Å². The monoisotopic (exact) mass is 395 g/mol. The molecule has 0 bridgehead atoms. The Morgan fingerprint density at radius 1 is 1.21 bits per heavy atom. The molecule has 7 nitrogen and oxygen atoms in total. The van der Waals surface area contributed by atoms with Gasteiger partial charge in [-0.25, -0.2) is 4.79 Å². The summed E-state index contributed by atoms with van der Waals surface area (Å²) >= 11 is 0. The number of nitrogens with zero attached hydrogens (tertiary/aromatic N) is 3. The molecule has 0 spiro atoms. The van der Waals surface area contributed by atoms with Crippen LogP contribution in [-0.2, 0) is 14.3 Å². The summed E-state index contributed by atoms with van der Waals surface area (Å²) in [5, 5.41) is 0. The molecule has 1 atom stereocenters. The van der Waals surface area contributed by atoms with E-state index in [1.54, 1.807) is 16.0 Å². The zero-order chi connectivity index (χ0) is 20.5. The number of hydrogen-bond acceptors (Lipinski definition) is 5. The van der Waals surface area contributed by atoms with E-state index in [4.69, 9.17) is 9.47 Å². The lowest BCUT2D eigenvalue weighted by atomic mass is 10.2. The van der Waals surface area contributed by atoms with Crippen LogP contribution in [0.5, 0.6) is 0 Å². The van der Waals surface area contributed by atoms with E-state index in [0.29, 0.717) is 32.8 Å². The van der Waals surface area contributed by atoms with Gasteiger partial charge >= 0.3 is 6.09 Å². The molecule has 1 heterocycles. The van der Waals surface area contributed by atoms with Crippen molar-refractivity contribution in [1.29, 1.82) is 0 Å². The van der Waals surface area contributed by atoms with Crippen LogP contribution in [0.25, 0.3) is 0 Å². The van der Waals surface area contributed by atoms with Crippen molar-refractivity contribution in [3.63, 3.8) is 0 Å². The van der Waals surface area contributed by atoms with E-state index in [0.717, 1.165) is 23.3 Å². The molecule has 3 rings (SSSR count). The average molecular weight is 395 g/mol. The van der Waals surface area contributed by atoms with Crippen LogP contribution in [0.2, 0.25) is 0 Å². The number of carbonyl (C=O) groups is 2. The second kappa shape index (κ2) is 10.4. The van der Waals surface area contributed by atoms with E-state index in [1.165, 1.54) is 0 Å². The van der Waals surface area contributed by atoms with Gasteiger partial charge in [-0.3, -0.25) is 14.7 Å². The summed E-state index contributed by atoms with van der Waals surface area (Å²) in [6, 6.07) is 17.0. The number of carbonyl (C=O) groups excluding carboxylic acids is 2. The molecule has 2 amide bonds. The van der Waals surface area contributed by atoms with Crippen molar-refractivity contribution in [2.45, 2.75) is 13.0 Å². The van der Waals surface area contributed by atoms with E-state index in [2.05, 4.69) is 4.99 Å². The minimum Gasteiger partial charge on any atom is -0.442 e. The molecule has 152 valence electrons. The van der Waals surface area contributed by atoms with Crippen molar-refractivity contribution in [2.75, 3.05) is 42.6 Å². The Balaban J connectivity index is 1.57. The van der Waals surface area contributed by atoms with Gasteiger partial charge in [-0.15, -0.1) is 0 Å². The average Bonchev–Trinajstić information content (AvgIpc) is 3.13. The van der Waals surface area contributed by atoms with Gasteiger partial charge in [-0.1, -0.05) is 30.3 Å². The second-order valence-electron chi connectivity index (χ2n) is 6.53. The molecular formula is C22H25N3O4. The first-order chi connectivity index (χ1) is 14.2. The molecule has 1 fully saturated rings. The van der Waals surface area contributed by atoms with Crippen LogP contribution in [0.4, 0.5) is 16.2 Å². The van der Waals surface area contributed by atoms with E-state index in [9.17, 15) is 9.59 Å². The normalized spacial score (nSPS) is 16.2. The summed E-state index contributed by atoms with van der Waals surface area (Å²) < 4.78 is 10.7. The van der Waals surface area contributed by atoms with Gasteiger partial charge in [-0.2, -0.15) is 0 Å². The highest BCUT2D eigenvalue weighted by Crippen LogP contribution is 2.24. The topological polar surface area (TPSA) is 71.4 Å². The first-order valence-corrected chi connectivity index (χ1v) is 9.64. The fourth-order valence-electron chi connectivity index (χ4n) is 3.02. The number of hydrogen-bond donors (Lipinski definition) is 0. The second-order valence-corrected chi connectivity index (χ2v) is 6.53. The SMILES string of the molecule is CCOCCN(C=O)c1ccc(N2CC(C/N=C/c3ccccc3)OC2=O)cc1. The lowest BCUT2D eigenvalue weighted by Crippen LogP contribution is -2.27. The van der Waals surface area contributed by atoms with Crippen LogP contribution in [-0.4, -0.2) is 57.7 Å². The van der Waals surface area contributed by atoms with Crippen LogP contribution < -0.4 is 9.80 Å². The van der Waals surface area contributed by atoms with Crippen LogP contribution in [0, 0.1) is 0 Å². The third-order valence-electron chi connectivity index (χ3n) is 4.52. The quantitative estimate of drug-likeness (QED) is 0.352. The molecule has 1 unspecified atom stereocenters. The van der Waals surface area contributed by atoms with Crippen LogP contribution in [0.3, 0.4) is 0 Å². The van der Waals surface area contributed by atoms with Crippen molar-refractivity contribution in [1.82, 2.24) is 0 Å². The fourth-order valence-corrected chi connectivity index (χ4v) is 3.02. The third-order valence-corrected chi connectivity index (χ3v) is 4.52. The molecule has 2 aromatic rings. The Kier molecular flexibility index (Phi) is 7.35. The van der Waals surface area contributed by atoms with Gasteiger partial charge in [0.2, 0.25) is 6.41 Å². The van der Waals surface area contributed by atoms with Crippen molar-refractivity contribution < 1.29 is 19.1 Å². The van der Waals surface area contributed by atoms with Crippen LogP contribution in [0.1, 0.15) is 12.5 Å². The number of rotatable bonds is 10. The zero-order valence-corrected chi connectivity index (χ0v) is 16.4. The van der Waals surface area contributed by atoms with Crippen molar-refractivity contribution in [3.05, 3.63) is 60.2 Å². The first kappa shape index (κ1) is 20.5. The summed E-state index contributed by atoms with van der Waals surface area (Å²) in [7, 11) is 0. The number of amides is 2. The van der Waals surface area contributed by atoms with Gasteiger partial charge in [0.1, 0.15) is 6.10 Å². The van der Waals surface area contributed by atoms with Gasteiger partial charge in [0.15, 0.2) is 0 Å². The Bertz CT molecular complexity index is 824. The molecule has 0 aromatic heterocycles. The van der Waals surface area contributed by atoms with Crippen molar-refractivity contribution in [2.24, 2.45) is 4.99 Å². The molecular weight excluding hydrogens is 370 g/mol. The molecule has 2 aromatic carbocycles. The largest absolute Gasteiger partial charge is 0.442 e. The van der Waals surface area contributed by atoms with Gasteiger partial charge in [0, 0.05) is 30.7 Å². The molecule has 0 N–H and O–H groups in total. The minimum absolute atomic E-state index is 0.292. The van der Waals surface area contributed by atoms with Crippen LogP contribution >= 0.6 is 0 Å². The van der Waals surface area contributed by atoms with Gasteiger partial charge in [0.05, 0.1) is 19.7 Å². The summed E-state index contributed by atoms with van der Waals surface area (Å²) in [6.45, 7) is 4.32. The first-order valence-electron chi connectivity index (χ1n) is 9.64. The maximum Gasteiger partial charge on any atom is 0.414 e. The number of aliphatic imine (C=N–C) groups is 1.